The lowest BCUT2D eigenvalue weighted by Gasteiger charge is -2.45. The van der Waals surface area contributed by atoms with E-state index < -0.39 is 0 Å². The zero-order valence-corrected chi connectivity index (χ0v) is 53.2. The van der Waals surface area contributed by atoms with Crippen LogP contribution < -0.4 is 30.4 Å². The van der Waals surface area contributed by atoms with Gasteiger partial charge in [-0.15, -0.1) is 11.3 Å². The van der Waals surface area contributed by atoms with Crippen molar-refractivity contribution in [3.8, 4) is 22.3 Å². The molecule has 3 heterocycles. The van der Waals surface area contributed by atoms with E-state index in [2.05, 4.69) is 307 Å². The minimum atomic E-state index is -0.0874. The standard InChI is InChI=1S/C79H82BN3S/c1-75(2,3)53-34-39-67(64(45-53)63-31-23-25-51-24-22-30-62(51)63)83-68-40-35-55(77(7,8)9)47-66(68)80-72-69(48-61(49-70(72)83)81(58-26-18-16-19-27-58)59-28-20-17-21-29-59)82(73-65-46-54(76(4,5)6)36-41-71(65)84-74(73)80)60-37-32-50(33-38-60)52-42-56(78(10,11)12)44-57(43-52)79(13,14)15/h16-21,23,25-29,31-49H,22,24,30H2,1-15H3. The molecule has 422 valence electrons. The summed E-state index contributed by atoms with van der Waals surface area (Å²) < 4.78 is 2.69. The molecular formula is C79H82BN3S. The van der Waals surface area contributed by atoms with Crippen molar-refractivity contribution in [1.29, 1.82) is 0 Å². The predicted molar refractivity (Wildman–Crippen MR) is 367 cm³/mol. The van der Waals surface area contributed by atoms with Gasteiger partial charge in [0.15, 0.2) is 0 Å². The molecule has 0 radical (unpaired) electrons. The largest absolute Gasteiger partial charge is 0.311 e. The fourth-order valence-electron chi connectivity index (χ4n) is 13.4. The third-order valence-corrected chi connectivity index (χ3v) is 19.6. The molecule has 3 nitrogen and oxygen atoms in total. The molecule has 2 aliphatic heterocycles. The van der Waals surface area contributed by atoms with Crippen molar-refractivity contribution in [3.05, 3.63) is 227 Å². The van der Waals surface area contributed by atoms with Gasteiger partial charge in [0.25, 0.3) is 6.71 Å². The first-order valence-electron chi connectivity index (χ1n) is 30.7. The minimum absolute atomic E-state index is 0.00321. The Morgan fingerprint density at radius 2 is 0.952 bits per heavy atom. The van der Waals surface area contributed by atoms with Crippen LogP contribution in [-0.4, -0.2) is 6.71 Å². The summed E-state index contributed by atoms with van der Waals surface area (Å²) in [6.45, 7) is 35.2. The summed E-state index contributed by atoms with van der Waals surface area (Å²) in [5, 5.41) is 1.30. The second-order valence-electron chi connectivity index (χ2n) is 29.4. The SMILES string of the molecule is CC(C)(C)c1cc(-c2ccc(N3c4cc(N(c5ccccc5)c5ccccc5)cc5c4B(c4cc(C(C)(C)C)ccc4N5c4ccc(C(C)(C)C)cc4-c4cccc5c4CCC5)c4sc5ccc(C(C)(C)C)cc5c43)cc2)cc(C(C)(C)C)c1. The van der Waals surface area contributed by atoms with Crippen LogP contribution in [0, 0.1) is 0 Å². The summed E-state index contributed by atoms with van der Waals surface area (Å²) in [7, 11) is 0. The highest BCUT2D eigenvalue weighted by molar-refractivity contribution is 7.33. The Balaban J connectivity index is 1.16. The first-order valence-corrected chi connectivity index (χ1v) is 31.5. The molecule has 10 aromatic rings. The number of anilines is 9. The van der Waals surface area contributed by atoms with Gasteiger partial charge in [-0.1, -0.05) is 213 Å². The van der Waals surface area contributed by atoms with Crippen LogP contribution in [0.4, 0.5) is 51.2 Å². The number of thiophene rings is 1. The van der Waals surface area contributed by atoms with E-state index in [1.807, 2.05) is 11.3 Å². The van der Waals surface area contributed by atoms with Crippen molar-refractivity contribution in [2.45, 2.75) is 150 Å². The molecule has 0 atom stereocenters. The lowest BCUT2D eigenvalue weighted by molar-refractivity contribution is 0.569. The van der Waals surface area contributed by atoms with E-state index in [1.54, 1.807) is 0 Å². The average molecular weight is 1120 g/mol. The van der Waals surface area contributed by atoms with Gasteiger partial charge in [0.2, 0.25) is 0 Å². The lowest BCUT2D eigenvalue weighted by Crippen LogP contribution is -2.60. The number of hydrogen-bond donors (Lipinski definition) is 0. The topological polar surface area (TPSA) is 9.72 Å². The first-order chi connectivity index (χ1) is 39.8. The fourth-order valence-corrected chi connectivity index (χ4v) is 14.7. The van der Waals surface area contributed by atoms with Crippen LogP contribution >= 0.6 is 11.3 Å². The lowest BCUT2D eigenvalue weighted by atomic mass is 9.36. The highest BCUT2D eigenvalue weighted by Gasteiger charge is 2.47. The molecule has 3 aliphatic rings. The fraction of sp³-hybridized carbons (Fsp3) is 0.291. The maximum Gasteiger partial charge on any atom is 0.264 e. The molecule has 0 unspecified atom stereocenters. The van der Waals surface area contributed by atoms with Crippen LogP contribution in [-0.2, 0) is 39.9 Å². The van der Waals surface area contributed by atoms with Crippen LogP contribution in [0.15, 0.2) is 188 Å². The molecule has 84 heavy (non-hydrogen) atoms. The zero-order chi connectivity index (χ0) is 59.0. The summed E-state index contributed by atoms with van der Waals surface area (Å²) in [6, 6.07) is 73.3. The van der Waals surface area contributed by atoms with E-state index in [4.69, 9.17) is 0 Å². The van der Waals surface area contributed by atoms with E-state index in [1.165, 1.54) is 122 Å². The Bertz CT molecular complexity index is 4120. The zero-order valence-electron chi connectivity index (χ0n) is 52.3. The Hall–Kier alpha value is -7.60. The maximum absolute atomic E-state index is 2.69. The smallest absolute Gasteiger partial charge is 0.264 e. The van der Waals surface area contributed by atoms with Crippen molar-refractivity contribution in [2.24, 2.45) is 0 Å². The van der Waals surface area contributed by atoms with Gasteiger partial charge >= 0.3 is 0 Å². The second kappa shape index (κ2) is 20.0. The number of benzene rings is 9. The van der Waals surface area contributed by atoms with Crippen molar-refractivity contribution >= 4 is 95.0 Å². The van der Waals surface area contributed by atoms with Crippen molar-refractivity contribution < 1.29 is 0 Å². The summed E-state index contributed by atoms with van der Waals surface area (Å²) in [6.07, 6.45) is 3.39. The molecule has 13 rings (SSSR count). The Morgan fingerprint density at radius 3 is 1.55 bits per heavy atom. The van der Waals surface area contributed by atoms with E-state index in [-0.39, 0.29) is 33.8 Å². The quantitative estimate of drug-likeness (QED) is 0.147. The molecular weight excluding hydrogens is 1030 g/mol. The number of rotatable bonds is 7. The van der Waals surface area contributed by atoms with Crippen LogP contribution in [0.1, 0.15) is 149 Å². The summed E-state index contributed by atoms with van der Waals surface area (Å²) in [4.78, 5) is 7.84. The summed E-state index contributed by atoms with van der Waals surface area (Å²) in [5.41, 5.74) is 27.9. The minimum Gasteiger partial charge on any atom is -0.311 e. The van der Waals surface area contributed by atoms with Crippen LogP contribution in [0.2, 0.25) is 0 Å². The number of hydrogen-bond acceptors (Lipinski definition) is 4. The first kappa shape index (κ1) is 55.6. The maximum atomic E-state index is 2.69. The third-order valence-electron chi connectivity index (χ3n) is 18.3. The van der Waals surface area contributed by atoms with Gasteiger partial charge in [-0.05, 0) is 192 Å². The Kier molecular flexibility index (Phi) is 13.2. The van der Waals surface area contributed by atoms with Crippen molar-refractivity contribution in [1.82, 2.24) is 0 Å². The molecule has 9 aromatic carbocycles. The van der Waals surface area contributed by atoms with E-state index in [0.717, 1.165) is 35.6 Å². The van der Waals surface area contributed by atoms with Gasteiger partial charge in [-0.2, -0.15) is 0 Å². The molecule has 1 aromatic heterocycles. The van der Waals surface area contributed by atoms with Crippen LogP contribution in [0.5, 0.6) is 0 Å². The van der Waals surface area contributed by atoms with Crippen molar-refractivity contribution in [3.63, 3.8) is 0 Å². The van der Waals surface area contributed by atoms with E-state index in [9.17, 15) is 0 Å². The number of nitrogens with zero attached hydrogens (tertiary/aromatic N) is 3. The predicted octanol–water partition coefficient (Wildman–Crippen LogP) is 20.8. The molecule has 1 aliphatic carbocycles. The molecule has 0 N–H and O–H groups in total. The molecule has 0 saturated heterocycles. The normalized spacial score (nSPS) is 14.2. The molecule has 0 saturated carbocycles. The third kappa shape index (κ3) is 9.69. The Morgan fingerprint density at radius 1 is 0.405 bits per heavy atom. The van der Waals surface area contributed by atoms with Gasteiger partial charge in [0.05, 0.1) is 17.1 Å². The van der Waals surface area contributed by atoms with Gasteiger partial charge < -0.3 is 14.7 Å². The molecule has 0 spiro atoms. The highest BCUT2D eigenvalue weighted by Crippen LogP contribution is 2.53. The molecule has 0 amide bonds. The Labute approximate surface area is 506 Å². The van der Waals surface area contributed by atoms with E-state index in [0.29, 0.717) is 0 Å². The summed E-state index contributed by atoms with van der Waals surface area (Å²) >= 11 is 1.99. The van der Waals surface area contributed by atoms with Gasteiger partial charge in [-0.25, -0.2) is 0 Å². The molecule has 0 bridgehead atoms. The van der Waals surface area contributed by atoms with Crippen molar-refractivity contribution in [2.75, 3.05) is 14.7 Å². The average Bonchev–Trinajstić information content (AvgIpc) is 1.26. The molecule has 0 fully saturated rings. The number of para-hydroxylation sites is 2. The van der Waals surface area contributed by atoms with E-state index >= 15 is 0 Å². The number of fused-ring (bicyclic) bond motifs is 7. The number of aryl methyl sites for hydroxylation is 1. The van der Waals surface area contributed by atoms with Crippen LogP contribution in [0.3, 0.4) is 0 Å². The van der Waals surface area contributed by atoms with Gasteiger partial charge in [0, 0.05) is 54.6 Å². The van der Waals surface area contributed by atoms with Crippen LogP contribution in [0.25, 0.3) is 32.3 Å². The highest BCUT2D eigenvalue weighted by atomic mass is 32.1. The molecule has 5 heteroatoms. The monoisotopic (exact) mass is 1120 g/mol. The van der Waals surface area contributed by atoms with Gasteiger partial charge in [0.1, 0.15) is 0 Å². The summed E-state index contributed by atoms with van der Waals surface area (Å²) in [5.74, 6) is 0. The van der Waals surface area contributed by atoms with Gasteiger partial charge in [-0.3, -0.25) is 0 Å². The second-order valence-corrected chi connectivity index (χ2v) is 30.5.